The minimum absolute atomic E-state index is 0.724. The first-order valence-corrected chi connectivity index (χ1v) is 3.53. The van der Waals surface area contributed by atoms with Crippen LogP contribution in [0.3, 0.4) is 0 Å². The van der Waals surface area contributed by atoms with Gasteiger partial charge in [0.25, 0.3) is 0 Å². The largest absolute Gasteiger partial charge is 0.618 e. The Hall–Kier alpha value is -1.25. The second-order valence-electron chi connectivity index (χ2n) is 2.59. The third-order valence-electron chi connectivity index (χ3n) is 1.71. The van der Waals surface area contributed by atoms with Crippen LogP contribution in [0.2, 0.25) is 0 Å². The summed E-state index contributed by atoms with van der Waals surface area (Å²) in [6.07, 6.45) is 1.55. The van der Waals surface area contributed by atoms with E-state index in [-0.39, 0.29) is 0 Å². The SMILES string of the molecule is CNc1c[n+]([O-])c(C)cc1C. The van der Waals surface area contributed by atoms with Crippen LogP contribution < -0.4 is 10.0 Å². The molecule has 0 saturated heterocycles. The second kappa shape index (κ2) is 2.78. The van der Waals surface area contributed by atoms with Gasteiger partial charge in [0.05, 0.1) is 0 Å². The lowest BCUT2D eigenvalue weighted by Gasteiger charge is -2.06. The van der Waals surface area contributed by atoms with Gasteiger partial charge in [0.2, 0.25) is 6.20 Å². The van der Waals surface area contributed by atoms with Crippen LogP contribution in [0.15, 0.2) is 12.3 Å². The predicted molar refractivity (Wildman–Crippen MR) is 44.4 cm³/mol. The van der Waals surface area contributed by atoms with Crippen molar-refractivity contribution in [1.82, 2.24) is 0 Å². The highest BCUT2D eigenvalue weighted by molar-refractivity contribution is 5.46. The number of hydrogen-bond acceptors (Lipinski definition) is 2. The van der Waals surface area contributed by atoms with Gasteiger partial charge in [-0.2, -0.15) is 4.73 Å². The molecule has 3 nitrogen and oxygen atoms in total. The van der Waals surface area contributed by atoms with Gasteiger partial charge in [-0.25, -0.2) is 0 Å². The molecular formula is C8H12N2O. The highest BCUT2D eigenvalue weighted by Gasteiger charge is 2.03. The molecule has 0 unspecified atom stereocenters. The molecule has 1 aromatic rings. The molecule has 0 aliphatic carbocycles. The monoisotopic (exact) mass is 152 g/mol. The van der Waals surface area contributed by atoms with E-state index in [2.05, 4.69) is 5.32 Å². The van der Waals surface area contributed by atoms with Crippen molar-refractivity contribution < 1.29 is 4.73 Å². The van der Waals surface area contributed by atoms with E-state index in [0.29, 0.717) is 0 Å². The van der Waals surface area contributed by atoms with Crippen LogP contribution in [0.4, 0.5) is 5.69 Å². The summed E-state index contributed by atoms with van der Waals surface area (Å²) in [7, 11) is 1.80. The molecule has 0 amide bonds. The molecule has 0 bridgehead atoms. The van der Waals surface area contributed by atoms with Gasteiger partial charge in [0.15, 0.2) is 5.69 Å². The maximum absolute atomic E-state index is 11.0. The summed E-state index contributed by atoms with van der Waals surface area (Å²) in [5.41, 5.74) is 2.70. The van der Waals surface area contributed by atoms with Crippen LogP contribution in [0.5, 0.6) is 0 Å². The first-order valence-electron chi connectivity index (χ1n) is 3.53. The Morgan fingerprint density at radius 1 is 1.45 bits per heavy atom. The number of hydrogen-bond donors (Lipinski definition) is 1. The fourth-order valence-electron chi connectivity index (χ4n) is 1.04. The Kier molecular flexibility index (Phi) is 1.98. The molecule has 3 heteroatoms. The second-order valence-corrected chi connectivity index (χ2v) is 2.59. The molecule has 0 aliphatic rings. The van der Waals surface area contributed by atoms with Crippen molar-refractivity contribution in [1.29, 1.82) is 0 Å². The lowest BCUT2D eigenvalue weighted by Crippen LogP contribution is -2.30. The van der Waals surface area contributed by atoms with Gasteiger partial charge in [0.1, 0.15) is 5.69 Å². The lowest BCUT2D eigenvalue weighted by atomic mass is 10.2. The van der Waals surface area contributed by atoms with Crippen molar-refractivity contribution in [3.63, 3.8) is 0 Å². The van der Waals surface area contributed by atoms with Gasteiger partial charge in [-0.15, -0.1) is 0 Å². The smallest absolute Gasteiger partial charge is 0.204 e. The van der Waals surface area contributed by atoms with E-state index in [1.54, 1.807) is 20.2 Å². The molecule has 0 aliphatic heterocycles. The van der Waals surface area contributed by atoms with Crippen molar-refractivity contribution >= 4 is 5.69 Å². The van der Waals surface area contributed by atoms with Crippen molar-refractivity contribution in [3.05, 3.63) is 28.7 Å². The summed E-state index contributed by atoms with van der Waals surface area (Å²) in [6.45, 7) is 3.76. The van der Waals surface area contributed by atoms with Gasteiger partial charge >= 0.3 is 0 Å². The molecule has 60 valence electrons. The summed E-state index contributed by atoms with van der Waals surface area (Å²) in [5, 5.41) is 14.0. The van der Waals surface area contributed by atoms with Crippen molar-refractivity contribution in [2.24, 2.45) is 0 Å². The van der Waals surface area contributed by atoms with E-state index < -0.39 is 0 Å². The quantitative estimate of drug-likeness (QED) is 0.481. The Morgan fingerprint density at radius 2 is 2.09 bits per heavy atom. The van der Waals surface area contributed by atoms with Gasteiger partial charge in [0, 0.05) is 20.0 Å². The van der Waals surface area contributed by atoms with Gasteiger partial charge in [-0.05, 0) is 12.5 Å². The van der Waals surface area contributed by atoms with Crippen molar-refractivity contribution in [3.8, 4) is 0 Å². The fraction of sp³-hybridized carbons (Fsp3) is 0.375. The van der Waals surface area contributed by atoms with E-state index in [1.807, 2.05) is 13.0 Å². The van der Waals surface area contributed by atoms with Crippen LogP contribution in [0.25, 0.3) is 0 Å². The Morgan fingerprint density at radius 3 is 2.64 bits per heavy atom. The number of nitrogens with zero attached hydrogens (tertiary/aromatic N) is 1. The number of rotatable bonds is 1. The molecule has 1 rings (SSSR count). The maximum atomic E-state index is 11.0. The van der Waals surface area contributed by atoms with Gasteiger partial charge < -0.3 is 10.5 Å². The van der Waals surface area contributed by atoms with Crippen LogP contribution in [0, 0.1) is 19.1 Å². The fourth-order valence-corrected chi connectivity index (χ4v) is 1.04. The van der Waals surface area contributed by atoms with Crippen LogP contribution in [0.1, 0.15) is 11.3 Å². The predicted octanol–water partition coefficient (Wildman–Crippen LogP) is 0.979. The number of pyridine rings is 1. The van der Waals surface area contributed by atoms with E-state index in [0.717, 1.165) is 21.7 Å². The minimum Gasteiger partial charge on any atom is -0.618 e. The average Bonchev–Trinajstić information content (AvgIpc) is 1.97. The van der Waals surface area contributed by atoms with E-state index in [1.165, 1.54) is 0 Å². The molecule has 1 heterocycles. The molecule has 0 saturated carbocycles. The molecule has 0 spiro atoms. The van der Waals surface area contributed by atoms with Gasteiger partial charge in [-0.3, -0.25) is 0 Å². The Labute approximate surface area is 66.3 Å². The van der Waals surface area contributed by atoms with Gasteiger partial charge in [-0.1, -0.05) is 0 Å². The molecule has 11 heavy (non-hydrogen) atoms. The first-order chi connectivity index (χ1) is 5.15. The molecule has 0 atom stereocenters. The first kappa shape index (κ1) is 7.85. The molecule has 1 N–H and O–H groups in total. The topological polar surface area (TPSA) is 39.0 Å². The van der Waals surface area contributed by atoms with Crippen molar-refractivity contribution in [2.75, 3.05) is 12.4 Å². The van der Waals surface area contributed by atoms with Crippen LogP contribution in [-0.4, -0.2) is 7.05 Å². The molecule has 0 fully saturated rings. The van der Waals surface area contributed by atoms with E-state index in [9.17, 15) is 5.21 Å². The van der Waals surface area contributed by atoms with Crippen LogP contribution >= 0.6 is 0 Å². The third kappa shape index (κ3) is 1.42. The number of aromatic nitrogens is 1. The van der Waals surface area contributed by atoms with Crippen molar-refractivity contribution in [2.45, 2.75) is 13.8 Å². The zero-order valence-corrected chi connectivity index (χ0v) is 7.01. The molecule has 1 aromatic heterocycles. The summed E-state index contributed by atoms with van der Waals surface area (Å²) in [4.78, 5) is 0. The summed E-state index contributed by atoms with van der Waals surface area (Å²) >= 11 is 0. The number of nitrogens with one attached hydrogen (secondary N) is 1. The van der Waals surface area contributed by atoms with E-state index in [4.69, 9.17) is 0 Å². The summed E-state index contributed by atoms with van der Waals surface area (Å²) in [5.74, 6) is 0. The highest BCUT2D eigenvalue weighted by Crippen LogP contribution is 2.10. The normalized spacial score (nSPS) is 9.73. The maximum Gasteiger partial charge on any atom is 0.204 e. The van der Waals surface area contributed by atoms with Crippen LogP contribution in [-0.2, 0) is 0 Å². The molecular weight excluding hydrogens is 140 g/mol. The van der Waals surface area contributed by atoms with E-state index >= 15 is 0 Å². The summed E-state index contributed by atoms with van der Waals surface area (Å²) < 4.78 is 0.860. The highest BCUT2D eigenvalue weighted by atomic mass is 16.5. The molecule has 0 radical (unpaired) electrons. The molecule has 0 aromatic carbocycles. The zero-order chi connectivity index (χ0) is 8.43. The standard InChI is InChI=1S/C8H12N2O/c1-6-4-7(2)10(11)5-8(6)9-3/h4-5,9H,1-3H3. The number of anilines is 1. The zero-order valence-electron chi connectivity index (χ0n) is 7.01. The Balaban J connectivity index is 3.21. The number of aryl methyl sites for hydroxylation is 2. The third-order valence-corrected chi connectivity index (χ3v) is 1.71. The lowest BCUT2D eigenvalue weighted by molar-refractivity contribution is -0.611. The average molecular weight is 152 g/mol. The summed E-state index contributed by atoms with van der Waals surface area (Å²) in [6, 6.07) is 1.86. The minimum atomic E-state index is 0.724. The Bertz CT molecular complexity index is 271.